The lowest BCUT2D eigenvalue weighted by molar-refractivity contribution is -0.126. The van der Waals surface area contributed by atoms with Crippen molar-refractivity contribution in [2.75, 3.05) is 11.4 Å². The van der Waals surface area contributed by atoms with E-state index >= 15 is 0 Å². The van der Waals surface area contributed by atoms with Gasteiger partial charge in [-0.1, -0.05) is 36.8 Å². The van der Waals surface area contributed by atoms with Crippen molar-refractivity contribution < 1.29 is 14.3 Å². The summed E-state index contributed by atoms with van der Waals surface area (Å²) in [5.41, 5.74) is 4.11. The number of nitrogens with zero attached hydrogens (tertiary/aromatic N) is 2. The predicted octanol–water partition coefficient (Wildman–Crippen LogP) is 5.12. The molecule has 5 nitrogen and oxygen atoms in total. The summed E-state index contributed by atoms with van der Waals surface area (Å²) in [5.74, 6) is 0.331. The van der Waals surface area contributed by atoms with Crippen molar-refractivity contribution in [3.8, 4) is 17.0 Å². The molecule has 4 rings (SSSR count). The zero-order chi connectivity index (χ0) is 21.4. The second kappa shape index (κ2) is 8.03. The van der Waals surface area contributed by atoms with Gasteiger partial charge in [-0.25, -0.2) is 4.98 Å². The zero-order valence-corrected chi connectivity index (χ0v) is 18.4. The number of hydrogen-bond acceptors (Lipinski definition) is 5. The van der Waals surface area contributed by atoms with E-state index in [1.807, 2.05) is 58.0 Å². The average Bonchev–Trinajstić information content (AvgIpc) is 3.07. The van der Waals surface area contributed by atoms with E-state index in [0.717, 1.165) is 26.7 Å². The van der Waals surface area contributed by atoms with Gasteiger partial charge in [-0.05, 0) is 45.4 Å². The maximum Gasteiger partial charge on any atom is 0.268 e. The number of benzene rings is 2. The van der Waals surface area contributed by atoms with Gasteiger partial charge in [0.1, 0.15) is 5.75 Å². The number of hydrogen-bond donors (Lipinski definition) is 0. The number of amides is 1. The Morgan fingerprint density at radius 1 is 1.13 bits per heavy atom. The summed E-state index contributed by atoms with van der Waals surface area (Å²) in [6, 6.07) is 13.2. The number of ether oxygens (including phenoxy) is 1. The van der Waals surface area contributed by atoms with Gasteiger partial charge in [0, 0.05) is 16.0 Å². The van der Waals surface area contributed by atoms with Gasteiger partial charge in [-0.2, -0.15) is 0 Å². The van der Waals surface area contributed by atoms with Crippen LogP contribution in [0.2, 0.25) is 0 Å². The van der Waals surface area contributed by atoms with Gasteiger partial charge in [-0.3, -0.25) is 14.5 Å². The molecule has 1 aliphatic heterocycles. The average molecular weight is 421 g/mol. The first-order valence-electron chi connectivity index (χ1n) is 10.0. The third kappa shape index (κ3) is 3.75. The van der Waals surface area contributed by atoms with Crippen molar-refractivity contribution in [2.45, 2.75) is 40.2 Å². The van der Waals surface area contributed by atoms with Crippen LogP contribution >= 0.6 is 11.3 Å². The van der Waals surface area contributed by atoms with Crippen LogP contribution in [0, 0.1) is 20.8 Å². The maximum atomic E-state index is 13.1. The molecule has 1 aromatic heterocycles. The van der Waals surface area contributed by atoms with Gasteiger partial charge in [0.2, 0.25) is 0 Å². The molecule has 0 saturated heterocycles. The topological polar surface area (TPSA) is 59.5 Å². The van der Waals surface area contributed by atoms with Crippen molar-refractivity contribution in [3.63, 3.8) is 0 Å². The highest BCUT2D eigenvalue weighted by atomic mass is 32.1. The summed E-state index contributed by atoms with van der Waals surface area (Å²) in [5, 5.41) is 0.991. The number of aromatic nitrogens is 1. The number of fused-ring (bicyclic) bond motifs is 1. The molecule has 1 aliphatic rings. The quantitative estimate of drug-likeness (QED) is 0.538. The lowest BCUT2D eigenvalue weighted by Crippen LogP contribution is -2.47. The first kappa shape index (κ1) is 20.3. The minimum atomic E-state index is -0.586. The Labute approximate surface area is 180 Å². The van der Waals surface area contributed by atoms with Crippen molar-refractivity contribution >= 4 is 28.7 Å². The third-order valence-corrected chi connectivity index (χ3v) is 6.17. The summed E-state index contributed by atoms with van der Waals surface area (Å²) < 4.78 is 5.93. The van der Waals surface area contributed by atoms with Crippen molar-refractivity contribution in [3.05, 3.63) is 63.5 Å². The zero-order valence-electron chi connectivity index (χ0n) is 17.6. The standard InChI is InChI=1S/C24H24N2O3S/c1-5-21-24(28)26(13-20(27)17-8-6-14(2)7-9-17)19-12-18(10-11-22(19)29-21)23-15(3)30-16(4)25-23/h6-12,21H,5,13H2,1-4H3. The van der Waals surface area contributed by atoms with E-state index in [1.54, 1.807) is 28.4 Å². The Balaban J connectivity index is 1.73. The van der Waals surface area contributed by atoms with Crippen LogP contribution in [0.4, 0.5) is 5.69 Å². The van der Waals surface area contributed by atoms with Gasteiger partial charge < -0.3 is 4.74 Å². The van der Waals surface area contributed by atoms with Gasteiger partial charge in [0.25, 0.3) is 5.91 Å². The summed E-state index contributed by atoms with van der Waals surface area (Å²) in [6.45, 7) is 7.87. The van der Waals surface area contributed by atoms with E-state index in [4.69, 9.17) is 4.74 Å². The number of anilines is 1. The van der Waals surface area contributed by atoms with E-state index in [9.17, 15) is 9.59 Å². The molecule has 1 amide bonds. The highest BCUT2D eigenvalue weighted by Gasteiger charge is 2.35. The first-order valence-corrected chi connectivity index (χ1v) is 10.9. The highest BCUT2D eigenvalue weighted by molar-refractivity contribution is 7.11. The molecule has 3 aromatic rings. The number of carbonyl (C=O) groups is 2. The SMILES string of the molecule is CCC1Oc2ccc(-c3nc(C)sc3C)cc2N(CC(=O)c2ccc(C)cc2)C1=O. The number of Topliss-reactive ketones (excluding diaryl/α,β-unsaturated/α-hetero) is 1. The van der Waals surface area contributed by atoms with Crippen LogP contribution in [0.25, 0.3) is 11.3 Å². The second-order valence-corrected chi connectivity index (χ2v) is 8.96. The van der Waals surface area contributed by atoms with E-state index < -0.39 is 6.10 Å². The minimum Gasteiger partial charge on any atom is -0.478 e. The molecular weight excluding hydrogens is 396 g/mol. The van der Waals surface area contributed by atoms with E-state index in [0.29, 0.717) is 23.4 Å². The lowest BCUT2D eigenvalue weighted by Gasteiger charge is -2.34. The molecule has 2 heterocycles. The highest BCUT2D eigenvalue weighted by Crippen LogP contribution is 2.39. The molecule has 6 heteroatoms. The Bertz CT molecular complexity index is 1120. The van der Waals surface area contributed by atoms with Crippen molar-refractivity contribution in [1.29, 1.82) is 0 Å². The van der Waals surface area contributed by atoms with Crippen LogP contribution in [0.1, 0.15) is 39.2 Å². The molecule has 1 atom stereocenters. The van der Waals surface area contributed by atoms with Crippen LogP contribution in [0.15, 0.2) is 42.5 Å². The second-order valence-electron chi connectivity index (χ2n) is 7.55. The fourth-order valence-electron chi connectivity index (χ4n) is 3.66. The molecule has 1 unspecified atom stereocenters. The molecule has 0 fully saturated rings. The number of ketones is 1. The molecular formula is C24H24N2O3S. The van der Waals surface area contributed by atoms with E-state index in [2.05, 4.69) is 4.98 Å². The van der Waals surface area contributed by atoms with Crippen LogP contribution in [-0.4, -0.2) is 29.3 Å². The van der Waals surface area contributed by atoms with Crippen LogP contribution in [-0.2, 0) is 4.79 Å². The molecule has 0 bridgehead atoms. The number of aryl methyl sites for hydroxylation is 3. The predicted molar refractivity (Wildman–Crippen MR) is 120 cm³/mol. The maximum absolute atomic E-state index is 13.1. The number of carbonyl (C=O) groups excluding carboxylic acids is 2. The molecule has 0 spiro atoms. The summed E-state index contributed by atoms with van der Waals surface area (Å²) in [6.07, 6.45) is -0.0444. The smallest absolute Gasteiger partial charge is 0.268 e. The summed E-state index contributed by atoms with van der Waals surface area (Å²) in [4.78, 5) is 33.3. The fraction of sp³-hybridized carbons (Fsp3) is 0.292. The van der Waals surface area contributed by atoms with Gasteiger partial charge in [0.15, 0.2) is 11.9 Å². The minimum absolute atomic E-state index is 0.0206. The first-order chi connectivity index (χ1) is 14.4. The third-order valence-electron chi connectivity index (χ3n) is 5.28. The van der Waals surface area contributed by atoms with E-state index in [-0.39, 0.29) is 18.2 Å². The Kier molecular flexibility index (Phi) is 5.43. The molecule has 0 aliphatic carbocycles. The molecule has 0 N–H and O–H groups in total. The van der Waals surface area contributed by atoms with Crippen LogP contribution in [0.3, 0.4) is 0 Å². The largest absolute Gasteiger partial charge is 0.478 e. The summed E-state index contributed by atoms with van der Waals surface area (Å²) >= 11 is 1.64. The van der Waals surface area contributed by atoms with Crippen LogP contribution < -0.4 is 9.64 Å². The van der Waals surface area contributed by atoms with Crippen LogP contribution in [0.5, 0.6) is 5.75 Å². The van der Waals surface area contributed by atoms with Gasteiger partial charge in [-0.15, -0.1) is 11.3 Å². The molecule has 2 aromatic carbocycles. The van der Waals surface area contributed by atoms with Crippen molar-refractivity contribution in [1.82, 2.24) is 4.98 Å². The molecule has 154 valence electrons. The Morgan fingerprint density at radius 2 is 1.87 bits per heavy atom. The Morgan fingerprint density at radius 3 is 2.50 bits per heavy atom. The van der Waals surface area contributed by atoms with Crippen molar-refractivity contribution in [2.24, 2.45) is 0 Å². The molecule has 0 saturated carbocycles. The fourth-order valence-corrected chi connectivity index (χ4v) is 4.50. The van der Waals surface area contributed by atoms with Gasteiger partial charge >= 0.3 is 0 Å². The number of rotatable bonds is 5. The lowest BCUT2D eigenvalue weighted by atomic mass is 10.0. The van der Waals surface area contributed by atoms with Gasteiger partial charge in [0.05, 0.1) is 22.9 Å². The molecule has 0 radical (unpaired) electrons. The summed E-state index contributed by atoms with van der Waals surface area (Å²) in [7, 11) is 0. The number of thiazole rings is 1. The van der Waals surface area contributed by atoms with E-state index in [1.165, 1.54) is 0 Å². The monoisotopic (exact) mass is 420 g/mol. The molecule has 30 heavy (non-hydrogen) atoms. The normalized spacial score (nSPS) is 15.7. The Hall–Kier alpha value is -2.99.